The lowest BCUT2D eigenvalue weighted by atomic mass is 10.1. The van der Waals surface area contributed by atoms with Crippen LogP contribution >= 0.6 is 23.4 Å². The van der Waals surface area contributed by atoms with Crippen molar-refractivity contribution in [2.24, 2.45) is 0 Å². The average molecular weight is 414 g/mol. The summed E-state index contributed by atoms with van der Waals surface area (Å²) in [6.07, 6.45) is 0.515. The zero-order valence-electron chi connectivity index (χ0n) is 16.6. The Kier molecular flexibility index (Phi) is 7.33. The first kappa shape index (κ1) is 21.8. The highest BCUT2D eigenvalue weighted by atomic mass is 35.5. The van der Waals surface area contributed by atoms with Crippen molar-refractivity contribution in [3.8, 4) is 0 Å². The molecule has 27 heavy (non-hydrogen) atoms. The van der Waals surface area contributed by atoms with Gasteiger partial charge >= 0.3 is 0 Å². The van der Waals surface area contributed by atoms with Gasteiger partial charge in [0.1, 0.15) is 11.0 Å². The number of nitrogens with one attached hydrogen (secondary N) is 1. The Hall–Kier alpha value is -1.54. The minimum Gasteiger partial charge on any atom is -0.353 e. The van der Waals surface area contributed by atoms with Gasteiger partial charge in [-0.05, 0) is 27.7 Å². The topological polar surface area (TPSA) is 78.4 Å². The van der Waals surface area contributed by atoms with Crippen molar-refractivity contribution in [1.29, 1.82) is 0 Å². The van der Waals surface area contributed by atoms with Crippen LogP contribution in [0.4, 0.5) is 5.82 Å². The Morgan fingerprint density at radius 2 is 2.04 bits per heavy atom. The normalized spacial score (nSPS) is 17.8. The zero-order chi connectivity index (χ0) is 20.2. The number of hydrogen-bond donors (Lipinski definition) is 1. The summed E-state index contributed by atoms with van der Waals surface area (Å²) in [5.41, 5.74) is -0.274. The summed E-state index contributed by atoms with van der Waals surface area (Å²) in [7, 11) is 0. The fourth-order valence-electron chi connectivity index (χ4n) is 2.94. The fraction of sp³-hybridized carbons (Fsp3) is 0.667. The molecule has 1 saturated heterocycles. The van der Waals surface area contributed by atoms with E-state index in [4.69, 9.17) is 11.6 Å². The first-order valence-corrected chi connectivity index (χ1v) is 10.5. The third-order valence-electron chi connectivity index (χ3n) is 4.08. The van der Waals surface area contributed by atoms with Gasteiger partial charge in [0.25, 0.3) is 0 Å². The molecule has 0 aromatic carbocycles. The molecule has 150 valence electrons. The van der Waals surface area contributed by atoms with Gasteiger partial charge in [-0.15, -0.1) is 0 Å². The Balaban J connectivity index is 2.03. The van der Waals surface area contributed by atoms with Crippen LogP contribution in [0.5, 0.6) is 0 Å². The van der Waals surface area contributed by atoms with Crippen molar-refractivity contribution in [3.63, 3.8) is 0 Å². The Labute approximate surface area is 170 Å². The van der Waals surface area contributed by atoms with Crippen LogP contribution in [0.15, 0.2) is 11.2 Å². The maximum Gasteiger partial charge on any atom is 0.230 e. The number of carbonyl (C=O) groups excluding carboxylic acids is 2. The van der Waals surface area contributed by atoms with Gasteiger partial charge in [-0.1, -0.05) is 30.3 Å². The molecule has 1 aromatic heterocycles. The summed E-state index contributed by atoms with van der Waals surface area (Å²) in [5, 5.41) is 3.73. The zero-order valence-corrected chi connectivity index (χ0v) is 18.2. The van der Waals surface area contributed by atoms with Crippen molar-refractivity contribution in [2.75, 3.05) is 30.3 Å². The lowest BCUT2D eigenvalue weighted by Crippen LogP contribution is -2.54. The van der Waals surface area contributed by atoms with Crippen LogP contribution in [-0.4, -0.2) is 63.7 Å². The van der Waals surface area contributed by atoms with Gasteiger partial charge in [0.2, 0.25) is 11.8 Å². The van der Waals surface area contributed by atoms with Crippen LogP contribution in [-0.2, 0) is 9.59 Å². The number of aromatic nitrogens is 2. The molecule has 0 spiro atoms. The number of thioether (sulfide) groups is 1. The van der Waals surface area contributed by atoms with Gasteiger partial charge in [-0.3, -0.25) is 9.59 Å². The number of nitrogens with zero attached hydrogens (tertiary/aromatic N) is 4. The number of halogens is 1. The molecule has 0 aliphatic carbocycles. The van der Waals surface area contributed by atoms with E-state index in [2.05, 4.69) is 20.2 Å². The summed E-state index contributed by atoms with van der Waals surface area (Å²) in [4.78, 5) is 36.8. The van der Waals surface area contributed by atoms with Crippen LogP contribution in [0.3, 0.4) is 0 Å². The molecule has 7 nitrogen and oxygen atoms in total. The number of carbonyl (C=O) groups is 2. The molecule has 0 bridgehead atoms. The molecular weight excluding hydrogens is 386 g/mol. The van der Waals surface area contributed by atoms with Crippen molar-refractivity contribution in [1.82, 2.24) is 20.2 Å². The van der Waals surface area contributed by atoms with E-state index in [1.165, 1.54) is 11.8 Å². The van der Waals surface area contributed by atoms with Crippen molar-refractivity contribution < 1.29 is 9.59 Å². The molecule has 1 aliphatic rings. The van der Waals surface area contributed by atoms with E-state index in [0.29, 0.717) is 36.4 Å². The van der Waals surface area contributed by atoms with Crippen molar-refractivity contribution >= 4 is 41.0 Å². The molecule has 2 amide bonds. The highest BCUT2D eigenvalue weighted by molar-refractivity contribution is 7.99. The summed E-state index contributed by atoms with van der Waals surface area (Å²) in [5.74, 6) is 1.05. The lowest BCUT2D eigenvalue weighted by Gasteiger charge is -2.40. The minimum absolute atomic E-state index is 0.0714. The number of hydrogen-bond acceptors (Lipinski definition) is 6. The second-order valence-corrected chi connectivity index (χ2v) is 8.98. The van der Waals surface area contributed by atoms with Gasteiger partial charge in [0, 0.05) is 43.7 Å². The standard InChI is InChI=1S/C18H28ClN5O2S/c1-6-16(26)24-8-7-23(10-12(24)2)14-9-13(19)20-17(21-14)27-11-15(25)22-18(3,4)5/h9,12H,6-8,10-11H2,1-5H3,(H,22,25)/t12-/m0/s1. The summed E-state index contributed by atoms with van der Waals surface area (Å²) >= 11 is 7.43. The van der Waals surface area contributed by atoms with Gasteiger partial charge in [-0.2, -0.15) is 0 Å². The third kappa shape index (κ3) is 6.53. The second kappa shape index (κ2) is 9.10. The molecule has 1 aromatic rings. The van der Waals surface area contributed by atoms with E-state index in [0.717, 1.165) is 5.82 Å². The molecule has 1 fully saturated rings. The Morgan fingerprint density at radius 1 is 1.33 bits per heavy atom. The monoisotopic (exact) mass is 413 g/mol. The highest BCUT2D eigenvalue weighted by Crippen LogP contribution is 2.24. The van der Waals surface area contributed by atoms with E-state index in [9.17, 15) is 9.59 Å². The largest absolute Gasteiger partial charge is 0.353 e. The predicted molar refractivity (Wildman–Crippen MR) is 109 cm³/mol. The summed E-state index contributed by atoms with van der Waals surface area (Å²) in [6, 6.07) is 1.83. The molecule has 1 N–H and O–H groups in total. The number of amides is 2. The first-order valence-electron chi connectivity index (χ1n) is 9.12. The van der Waals surface area contributed by atoms with Crippen LogP contribution in [0, 0.1) is 0 Å². The SMILES string of the molecule is CCC(=O)N1CCN(c2cc(Cl)nc(SCC(=O)NC(C)(C)C)n2)C[C@@H]1C. The molecule has 1 aliphatic heterocycles. The molecule has 2 heterocycles. The Morgan fingerprint density at radius 3 is 2.63 bits per heavy atom. The maximum absolute atomic E-state index is 12.0. The highest BCUT2D eigenvalue weighted by Gasteiger charge is 2.27. The van der Waals surface area contributed by atoms with E-state index in [1.807, 2.05) is 39.5 Å². The van der Waals surface area contributed by atoms with Crippen LogP contribution in [0.1, 0.15) is 41.0 Å². The average Bonchev–Trinajstić information content (AvgIpc) is 2.57. The summed E-state index contributed by atoms with van der Waals surface area (Å²) < 4.78 is 0. The molecule has 0 saturated carbocycles. The third-order valence-corrected chi connectivity index (χ3v) is 5.12. The van der Waals surface area contributed by atoms with Crippen LogP contribution in [0.25, 0.3) is 0 Å². The van der Waals surface area contributed by atoms with Crippen molar-refractivity contribution in [2.45, 2.75) is 57.8 Å². The van der Waals surface area contributed by atoms with Gasteiger partial charge in [0.15, 0.2) is 5.16 Å². The predicted octanol–water partition coefficient (Wildman–Crippen LogP) is 2.58. The van der Waals surface area contributed by atoms with E-state index in [-0.39, 0.29) is 29.1 Å². The van der Waals surface area contributed by atoms with E-state index in [1.54, 1.807) is 6.07 Å². The number of anilines is 1. The number of piperazine rings is 1. The first-order chi connectivity index (χ1) is 12.6. The second-order valence-electron chi connectivity index (χ2n) is 7.65. The van der Waals surface area contributed by atoms with Gasteiger partial charge < -0.3 is 15.1 Å². The van der Waals surface area contributed by atoms with Crippen LogP contribution in [0.2, 0.25) is 5.15 Å². The molecule has 1 atom stereocenters. The summed E-state index contributed by atoms with van der Waals surface area (Å²) in [6.45, 7) is 11.8. The molecule has 9 heteroatoms. The lowest BCUT2D eigenvalue weighted by molar-refractivity contribution is -0.133. The van der Waals surface area contributed by atoms with Gasteiger partial charge in [-0.25, -0.2) is 9.97 Å². The van der Waals surface area contributed by atoms with E-state index >= 15 is 0 Å². The molecule has 0 radical (unpaired) electrons. The van der Waals surface area contributed by atoms with E-state index < -0.39 is 0 Å². The van der Waals surface area contributed by atoms with Crippen LogP contribution < -0.4 is 10.2 Å². The fourth-order valence-corrected chi connectivity index (χ4v) is 3.82. The quantitative estimate of drug-likeness (QED) is 0.454. The van der Waals surface area contributed by atoms with Crippen molar-refractivity contribution in [3.05, 3.63) is 11.2 Å². The Bertz CT molecular complexity index is 695. The van der Waals surface area contributed by atoms with Gasteiger partial charge in [0.05, 0.1) is 5.75 Å². The molecule has 2 rings (SSSR count). The maximum atomic E-state index is 12.0. The number of rotatable bonds is 5. The smallest absolute Gasteiger partial charge is 0.230 e. The molecular formula is C18H28ClN5O2S. The molecule has 0 unspecified atom stereocenters. The minimum atomic E-state index is -0.274.